The molecule has 7 nitrogen and oxygen atoms in total. The highest BCUT2D eigenvalue weighted by molar-refractivity contribution is 5.65. The van der Waals surface area contributed by atoms with Crippen LogP contribution in [-0.4, -0.2) is 19.9 Å². The summed E-state index contributed by atoms with van der Waals surface area (Å²) in [6, 6.07) is 12.0. The molecule has 0 aliphatic heterocycles. The van der Waals surface area contributed by atoms with Gasteiger partial charge in [-0.1, -0.05) is 23.4 Å². The molecule has 0 aliphatic carbocycles. The first-order valence-electron chi connectivity index (χ1n) is 6.76. The number of nitro benzene ring substituents is 1. The minimum absolute atomic E-state index is 0.0681. The average molecular weight is 313 g/mol. The second kappa shape index (κ2) is 5.93. The Morgan fingerprint density at radius 1 is 1.22 bits per heavy atom. The number of rotatable bonds is 4. The van der Waals surface area contributed by atoms with Gasteiger partial charge in [0.05, 0.1) is 10.6 Å². The fourth-order valence-corrected chi connectivity index (χ4v) is 2.29. The second-order valence-corrected chi connectivity index (χ2v) is 4.76. The van der Waals surface area contributed by atoms with Gasteiger partial charge in [-0.15, -0.1) is 5.10 Å². The zero-order chi connectivity index (χ0) is 16.4. The molecule has 1 aromatic heterocycles. The van der Waals surface area contributed by atoms with Crippen LogP contribution < -0.4 is 5.73 Å². The minimum Gasteiger partial charge on any atom is -0.325 e. The number of nitrogens with zero attached hydrogens (tertiary/aromatic N) is 4. The van der Waals surface area contributed by atoms with Gasteiger partial charge in [0.25, 0.3) is 5.69 Å². The Hall–Kier alpha value is -3.13. The number of halogens is 1. The van der Waals surface area contributed by atoms with Gasteiger partial charge in [0.2, 0.25) is 0 Å². The highest BCUT2D eigenvalue weighted by atomic mass is 19.1. The summed E-state index contributed by atoms with van der Waals surface area (Å²) in [4.78, 5) is 10.4. The summed E-state index contributed by atoms with van der Waals surface area (Å²) in [5.74, 6) is -0.448. The van der Waals surface area contributed by atoms with Crippen molar-refractivity contribution in [3.63, 3.8) is 0 Å². The smallest absolute Gasteiger partial charge is 0.271 e. The zero-order valence-electron chi connectivity index (χ0n) is 11.9. The summed E-state index contributed by atoms with van der Waals surface area (Å²) in [7, 11) is 0. The number of benzene rings is 2. The fraction of sp³-hybridized carbons (Fsp3) is 0.0667. The summed E-state index contributed by atoms with van der Waals surface area (Å²) < 4.78 is 15.5. The third kappa shape index (κ3) is 2.67. The molecule has 0 bridgehead atoms. The lowest BCUT2D eigenvalue weighted by molar-refractivity contribution is -0.384. The Bertz CT molecular complexity index is 878. The van der Waals surface area contributed by atoms with Gasteiger partial charge < -0.3 is 5.73 Å². The summed E-state index contributed by atoms with van der Waals surface area (Å²) >= 11 is 0. The van der Waals surface area contributed by atoms with Crippen LogP contribution in [0.4, 0.5) is 10.1 Å². The van der Waals surface area contributed by atoms with Crippen LogP contribution in [0.1, 0.15) is 5.69 Å². The zero-order valence-corrected chi connectivity index (χ0v) is 11.9. The molecular formula is C15H12FN5O2. The van der Waals surface area contributed by atoms with Crippen LogP contribution in [0.3, 0.4) is 0 Å². The molecule has 2 aromatic carbocycles. The molecular weight excluding hydrogens is 301 g/mol. The van der Waals surface area contributed by atoms with Crippen LogP contribution in [0.5, 0.6) is 0 Å². The van der Waals surface area contributed by atoms with Gasteiger partial charge in [0, 0.05) is 24.2 Å². The van der Waals surface area contributed by atoms with Gasteiger partial charge in [-0.25, -0.2) is 9.07 Å². The van der Waals surface area contributed by atoms with Crippen molar-refractivity contribution in [2.45, 2.75) is 6.54 Å². The maximum absolute atomic E-state index is 14.2. The van der Waals surface area contributed by atoms with Crippen molar-refractivity contribution in [1.82, 2.24) is 15.0 Å². The molecule has 3 rings (SSSR count). The molecule has 0 aliphatic rings. The normalized spacial score (nSPS) is 10.7. The second-order valence-electron chi connectivity index (χ2n) is 4.76. The van der Waals surface area contributed by atoms with Crippen LogP contribution >= 0.6 is 0 Å². The van der Waals surface area contributed by atoms with Gasteiger partial charge in [0.1, 0.15) is 17.2 Å². The number of nitrogens with two attached hydrogens (primary N) is 1. The summed E-state index contributed by atoms with van der Waals surface area (Å²) in [6.07, 6.45) is 0. The standard InChI is InChI=1S/C15H12FN5O2/c16-13-7-2-1-6-12(13)15-14(9-17)18-19-20(15)10-4-3-5-11(8-10)21(22)23/h1-8H,9,17H2. The predicted molar refractivity (Wildman–Crippen MR) is 81.3 cm³/mol. The molecule has 1 heterocycles. The van der Waals surface area contributed by atoms with Crippen LogP contribution in [-0.2, 0) is 6.54 Å². The molecule has 0 fully saturated rings. The topological polar surface area (TPSA) is 99.9 Å². The van der Waals surface area contributed by atoms with E-state index >= 15 is 0 Å². The van der Waals surface area contributed by atoms with Crippen LogP contribution in [0.25, 0.3) is 16.9 Å². The first-order chi connectivity index (χ1) is 11.1. The third-order valence-electron chi connectivity index (χ3n) is 3.35. The van der Waals surface area contributed by atoms with E-state index in [-0.39, 0.29) is 17.8 Å². The van der Waals surface area contributed by atoms with E-state index in [1.807, 2.05) is 0 Å². The van der Waals surface area contributed by atoms with E-state index in [9.17, 15) is 14.5 Å². The van der Waals surface area contributed by atoms with Gasteiger partial charge in [-0.05, 0) is 18.2 Å². The first-order valence-corrected chi connectivity index (χ1v) is 6.76. The molecule has 0 spiro atoms. The van der Waals surface area contributed by atoms with E-state index < -0.39 is 10.7 Å². The monoisotopic (exact) mass is 313 g/mol. The van der Waals surface area contributed by atoms with Gasteiger partial charge in [-0.2, -0.15) is 0 Å². The molecule has 0 unspecified atom stereocenters. The molecule has 3 aromatic rings. The van der Waals surface area contributed by atoms with Gasteiger partial charge in [-0.3, -0.25) is 10.1 Å². The number of hydrogen-bond acceptors (Lipinski definition) is 5. The maximum Gasteiger partial charge on any atom is 0.271 e. The van der Waals surface area contributed by atoms with Crippen molar-refractivity contribution >= 4 is 5.69 Å². The van der Waals surface area contributed by atoms with Crippen molar-refractivity contribution in [3.8, 4) is 16.9 Å². The fourth-order valence-electron chi connectivity index (χ4n) is 2.29. The highest BCUT2D eigenvalue weighted by Crippen LogP contribution is 2.28. The highest BCUT2D eigenvalue weighted by Gasteiger charge is 2.19. The molecule has 0 atom stereocenters. The third-order valence-corrected chi connectivity index (χ3v) is 3.35. The minimum atomic E-state index is -0.507. The van der Waals surface area contributed by atoms with E-state index in [0.717, 1.165) is 0 Å². The van der Waals surface area contributed by atoms with Crippen LogP contribution in [0, 0.1) is 15.9 Å². The van der Waals surface area contributed by atoms with E-state index in [2.05, 4.69) is 10.3 Å². The van der Waals surface area contributed by atoms with E-state index in [4.69, 9.17) is 5.73 Å². The lowest BCUT2D eigenvalue weighted by Crippen LogP contribution is -2.04. The van der Waals surface area contributed by atoms with Gasteiger partial charge in [0.15, 0.2) is 0 Å². The Morgan fingerprint density at radius 2 is 2.00 bits per heavy atom. The molecule has 2 N–H and O–H groups in total. The van der Waals surface area contributed by atoms with E-state index in [0.29, 0.717) is 17.1 Å². The molecule has 116 valence electrons. The largest absolute Gasteiger partial charge is 0.325 e. The summed E-state index contributed by atoms with van der Waals surface area (Å²) in [6.45, 7) is 0.0681. The Kier molecular flexibility index (Phi) is 3.82. The number of non-ortho nitro benzene ring substituents is 1. The molecule has 0 radical (unpaired) electrons. The molecule has 23 heavy (non-hydrogen) atoms. The Labute approximate surface area is 130 Å². The van der Waals surface area contributed by atoms with Crippen molar-refractivity contribution in [1.29, 1.82) is 0 Å². The van der Waals surface area contributed by atoms with Gasteiger partial charge >= 0.3 is 0 Å². The van der Waals surface area contributed by atoms with Crippen molar-refractivity contribution < 1.29 is 9.31 Å². The number of nitro groups is 1. The predicted octanol–water partition coefficient (Wildman–Crippen LogP) is 2.44. The molecule has 0 saturated heterocycles. The molecule has 8 heteroatoms. The van der Waals surface area contributed by atoms with Crippen molar-refractivity contribution in [2.75, 3.05) is 0 Å². The van der Waals surface area contributed by atoms with Crippen molar-refractivity contribution in [2.24, 2.45) is 5.73 Å². The van der Waals surface area contributed by atoms with Crippen molar-refractivity contribution in [3.05, 3.63) is 70.2 Å². The first kappa shape index (κ1) is 14.8. The Morgan fingerprint density at radius 3 is 2.70 bits per heavy atom. The number of hydrogen-bond donors (Lipinski definition) is 1. The number of aromatic nitrogens is 3. The lowest BCUT2D eigenvalue weighted by atomic mass is 10.1. The quantitative estimate of drug-likeness (QED) is 0.589. The molecule has 0 amide bonds. The summed E-state index contributed by atoms with van der Waals surface area (Å²) in [5.41, 5.74) is 7.04. The summed E-state index contributed by atoms with van der Waals surface area (Å²) in [5, 5.41) is 18.9. The lowest BCUT2D eigenvalue weighted by Gasteiger charge is -2.08. The van der Waals surface area contributed by atoms with Crippen LogP contribution in [0.15, 0.2) is 48.5 Å². The average Bonchev–Trinajstić information content (AvgIpc) is 2.99. The SMILES string of the molecule is NCc1nnn(-c2cccc([N+](=O)[O-])c2)c1-c1ccccc1F. The van der Waals surface area contributed by atoms with E-state index in [1.165, 1.54) is 28.9 Å². The van der Waals surface area contributed by atoms with Crippen LogP contribution in [0.2, 0.25) is 0 Å². The Balaban J connectivity index is 2.22. The molecule has 0 saturated carbocycles. The maximum atomic E-state index is 14.2. The van der Waals surface area contributed by atoms with E-state index in [1.54, 1.807) is 24.3 Å².